The first kappa shape index (κ1) is 19.4. The number of carbonyl (C=O) groups is 2. The number of phenols is 1. The third-order valence-electron chi connectivity index (χ3n) is 3.36. The number of nitrogens with one attached hydrogen (secondary N) is 2. The van der Waals surface area contributed by atoms with E-state index in [1.54, 1.807) is 12.1 Å². The zero-order valence-electron chi connectivity index (χ0n) is 14.4. The highest BCUT2D eigenvalue weighted by molar-refractivity contribution is 5.96. The number of carbonyl (C=O) groups excluding carboxylic acids is 2. The molecule has 2 aromatic rings. The summed E-state index contributed by atoms with van der Waals surface area (Å²) in [6.07, 6.45) is 1.06. The average Bonchev–Trinajstić information content (AvgIpc) is 2.62. The van der Waals surface area contributed by atoms with Crippen molar-refractivity contribution in [3.05, 3.63) is 57.6 Å². The molecule has 0 spiro atoms. The minimum atomic E-state index is -0.644. The lowest BCUT2D eigenvalue weighted by atomic mass is 10.1. The number of anilines is 1. The second kappa shape index (κ2) is 8.43. The Hall–Kier alpha value is -3.95. The predicted octanol–water partition coefficient (Wildman–Crippen LogP) is 2.03. The number of aromatic hydroxyl groups is 1. The van der Waals surface area contributed by atoms with Crippen LogP contribution in [0.1, 0.15) is 22.8 Å². The number of nitro groups is 1. The molecule has 2 amide bonds. The molecule has 0 aromatic heterocycles. The Kier molecular flexibility index (Phi) is 6.05. The van der Waals surface area contributed by atoms with E-state index in [0.29, 0.717) is 5.69 Å². The van der Waals surface area contributed by atoms with Crippen molar-refractivity contribution in [3.8, 4) is 11.5 Å². The van der Waals surface area contributed by atoms with Crippen molar-refractivity contribution in [3.63, 3.8) is 0 Å². The summed E-state index contributed by atoms with van der Waals surface area (Å²) in [7, 11) is 1.26. The summed E-state index contributed by atoms with van der Waals surface area (Å²) >= 11 is 0. The van der Waals surface area contributed by atoms with E-state index in [-0.39, 0.29) is 34.2 Å². The van der Waals surface area contributed by atoms with Gasteiger partial charge in [0.2, 0.25) is 5.91 Å². The summed E-state index contributed by atoms with van der Waals surface area (Å²) in [5.74, 6) is -1.22. The van der Waals surface area contributed by atoms with Crippen molar-refractivity contribution in [2.45, 2.75) is 6.92 Å². The lowest BCUT2D eigenvalue weighted by molar-refractivity contribution is -0.385. The molecule has 0 atom stereocenters. The van der Waals surface area contributed by atoms with Crippen LogP contribution in [0.15, 0.2) is 41.5 Å². The second-order valence-electron chi connectivity index (χ2n) is 5.30. The topological polar surface area (TPSA) is 143 Å². The summed E-state index contributed by atoms with van der Waals surface area (Å²) in [4.78, 5) is 33.3. The molecular formula is C17H16N4O6. The SMILES string of the molecule is COc1cc([N+](=O)[O-])cc(/C=N/NC(=O)c2ccc(NC(C)=O)cc2)c1O. The van der Waals surface area contributed by atoms with E-state index in [2.05, 4.69) is 15.8 Å². The van der Waals surface area contributed by atoms with E-state index in [9.17, 15) is 24.8 Å². The van der Waals surface area contributed by atoms with Gasteiger partial charge in [0.05, 0.1) is 24.3 Å². The quantitative estimate of drug-likeness (QED) is 0.402. The first-order valence-electron chi connectivity index (χ1n) is 7.58. The van der Waals surface area contributed by atoms with Gasteiger partial charge in [-0.3, -0.25) is 19.7 Å². The van der Waals surface area contributed by atoms with Gasteiger partial charge in [-0.25, -0.2) is 5.43 Å². The number of methoxy groups -OCH3 is 1. The maximum atomic E-state index is 12.0. The standard InChI is InChI=1S/C17H16N4O6/c1-10(22)19-13-5-3-11(4-6-13)17(24)20-18-9-12-7-14(21(25)26)8-15(27-2)16(12)23/h3-9,23H,1-2H3,(H,19,22)(H,20,24)/b18-9+. The fourth-order valence-corrected chi connectivity index (χ4v) is 2.11. The lowest BCUT2D eigenvalue weighted by Gasteiger charge is -2.06. The zero-order valence-corrected chi connectivity index (χ0v) is 14.4. The molecule has 0 heterocycles. The van der Waals surface area contributed by atoms with Crippen LogP contribution in [0, 0.1) is 10.1 Å². The summed E-state index contributed by atoms with van der Waals surface area (Å²) in [5.41, 5.74) is 2.76. The highest BCUT2D eigenvalue weighted by Crippen LogP contribution is 2.33. The summed E-state index contributed by atoms with van der Waals surface area (Å²) < 4.78 is 4.88. The van der Waals surface area contributed by atoms with Gasteiger partial charge in [-0.2, -0.15) is 5.10 Å². The Balaban J connectivity index is 2.12. The highest BCUT2D eigenvalue weighted by atomic mass is 16.6. The summed E-state index contributed by atoms with van der Waals surface area (Å²) in [5, 5.41) is 27.2. The van der Waals surface area contributed by atoms with Gasteiger partial charge in [-0.15, -0.1) is 0 Å². The summed E-state index contributed by atoms with van der Waals surface area (Å²) in [6.45, 7) is 1.37. The highest BCUT2D eigenvalue weighted by Gasteiger charge is 2.16. The molecule has 0 saturated carbocycles. The normalized spacial score (nSPS) is 10.4. The molecule has 0 aliphatic rings. The number of hydrogen-bond acceptors (Lipinski definition) is 7. The van der Waals surface area contributed by atoms with Gasteiger partial charge in [-0.05, 0) is 24.3 Å². The maximum Gasteiger partial charge on any atom is 0.274 e. The number of hydrogen-bond donors (Lipinski definition) is 3. The minimum absolute atomic E-state index is 0.00218. The minimum Gasteiger partial charge on any atom is -0.504 e. The van der Waals surface area contributed by atoms with Crippen molar-refractivity contribution in [2.75, 3.05) is 12.4 Å². The van der Waals surface area contributed by atoms with Crippen molar-refractivity contribution in [1.82, 2.24) is 5.43 Å². The van der Waals surface area contributed by atoms with E-state index in [4.69, 9.17) is 4.74 Å². The first-order chi connectivity index (χ1) is 12.8. The van der Waals surface area contributed by atoms with E-state index < -0.39 is 10.8 Å². The van der Waals surface area contributed by atoms with E-state index in [0.717, 1.165) is 18.3 Å². The average molecular weight is 372 g/mol. The van der Waals surface area contributed by atoms with Gasteiger partial charge in [0, 0.05) is 29.8 Å². The summed E-state index contributed by atoms with van der Waals surface area (Å²) in [6, 6.07) is 8.25. The number of phenolic OH excluding ortho intramolecular Hbond substituents is 1. The fourth-order valence-electron chi connectivity index (χ4n) is 2.11. The van der Waals surface area contributed by atoms with Crippen molar-refractivity contribution in [1.29, 1.82) is 0 Å². The van der Waals surface area contributed by atoms with Gasteiger partial charge < -0.3 is 15.2 Å². The Labute approximate surface area is 153 Å². The molecule has 0 bridgehead atoms. The predicted molar refractivity (Wildman–Crippen MR) is 97.1 cm³/mol. The van der Waals surface area contributed by atoms with Crippen LogP contribution >= 0.6 is 0 Å². The number of nitro benzene ring substituents is 1. The Morgan fingerprint density at radius 3 is 2.48 bits per heavy atom. The van der Waals surface area contributed by atoms with Gasteiger partial charge in [-0.1, -0.05) is 0 Å². The molecule has 10 nitrogen and oxygen atoms in total. The third kappa shape index (κ3) is 5.01. The first-order valence-corrected chi connectivity index (χ1v) is 7.58. The van der Waals surface area contributed by atoms with Gasteiger partial charge in [0.15, 0.2) is 11.5 Å². The van der Waals surface area contributed by atoms with E-state index in [1.165, 1.54) is 26.2 Å². The number of ether oxygens (including phenoxy) is 1. The largest absolute Gasteiger partial charge is 0.504 e. The van der Waals surface area contributed by atoms with E-state index >= 15 is 0 Å². The molecule has 0 aliphatic carbocycles. The molecule has 140 valence electrons. The van der Waals surface area contributed by atoms with Crippen LogP contribution in [0.3, 0.4) is 0 Å². The molecule has 2 aromatic carbocycles. The zero-order chi connectivity index (χ0) is 20.0. The van der Waals surface area contributed by atoms with Crippen LogP contribution in [0.4, 0.5) is 11.4 Å². The smallest absolute Gasteiger partial charge is 0.274 e. The molecule has 0 saturated heterocycles. The van der Waals surface area contributed by atoms with Gasteiger partial charge >= 0.3 is 0 Å². The number of nitrogens with zero attached hydrogens (tertiary/aromatic N) is 2. The van der Waals surface area contributed by atoms with Crippen LogP contribution in [0.25, 0.3) is 0 Å². The Morgan fingerprint density at radius 2 is 1.93 bits per heavy atom. The molecule has 3 N–H and O–H groups in total. The van der Waals surface area contributed by atoms with Crippen molar-refractivity contribution >= 4 is 29.4 Å². The van der Waals surface area contributed by atoms with Crippen molar-refractivity contribution < 1.29 is 24.4 Å². The number of benzene rings is 2. The lowest BCUT2D eigenvalue weighted by Crippen LogP contribution is -2.17. The van der Waals surface area contributed by atoms with Gasteiger partial charge in [0.1, 0.15) is 0 Å². The molecule has 0 radical (unpaired) electrons. The van der Waals surface area contributed by atoms with E-state index in [1.807, 2.05) is 0 Å². The van der Waals surface area contributed by atoms with Gasteiger partial charge in [0.25, 0.3) is 11.6 Å². The monoisotopic (exact) mass is 372 g/mol. The molecule has 0 fully saturated rings. The van der Waals surface area contributed by atoms with Crippen molar-refractivity contribution in [2.24, 2.45) is 5.10 Å². The number of non-ortho nitro benzene ring substituents is 1. The molecule has 10 heteroatoms. The van der Waals surface area contributed by atoms with Crippen LogP contribution < -0.4 is 15.5 Å². The molecule has 0 unspecified atom stereocenters. The molecule has 2 rings (SSSR count). The third-order valence-corrected chi connectivity index (χ3v) is 3.36. The molecule has 27 heavy (non-hydrogen) atoms. The van der Waals surface area contributed by atoms with Crippen LogP contribution in [0.2, 0.25) is 0 Å². The van der Waals surface area contributed by atoms with Crippen LogP contribution in [0.5, 0.6) is 11.5 Å². The maximum absolute atomic E-state index is 12.0. The second-order valence-corrected chi connectivity index (χ2v) is 5.30. The van der Waals surface area contributed by atoms with Crippen LogP contribution in [-0.2, 0) is 4.79 Å². The van der Waals surface area contributed by atoms with Crippen LogP contribution in [-0.4, -0.2) is 35.2 Å². The number of rotatable bonds is 6. The number of hydrazone groups is 1. The molecular weight excluding hydrogens is 356 g/mol. The Morgan fingerprint density at radius 1 is 1.26 bits per heavy atom. The Bertz CT molecular complexity index is 908. The number of amides is 2. The fraction of sp³-hybridized carbons (Fsp3) is 0.118. The molecule has 0 aliphatic heterocycles.